The van der Waals surface area contributed by atoms with E-state index in [1.54, 1.807) is 0 Å². The highest BCUT2D eigenvalue weighted by Crippen LogP contribution is 2.31. The second-order valence-electron chi connectivity index (χ2n) is 4.64. The van der Waals surface area contributed by atoms with Crippen molar-refractivity contribution in [2.24, 2.45) is 5.41 Å². The number of amides is 1. The molecule has 18 heavy (non-hydrogen) atoms. The second-order valence-corrected chi connectivity index (χ2v) is 5.05. The lowest BCUT2D eigenvalue weighted by molar-refractivity contribution is -0.124. The molecule has 1 aliphatic heterocycles. The molecule has 1 heterocycles. The first kappa shape index (κ1) is 13.3. The number of anilines is 1. The van der Waals surface area contributed by atoms with Gasteiger partial charge < -0.3 is 10.6 Å². The second kappa shape index (κ2) is 5.24. The summed E-state index contributed by atoms with van der Waals surface area (Å²) in [4.78, 5) is 12.3. The third-order valence-corrected chi connectivity index (χ3v) is 3.87. The third-order valence-electron chi connectivity index (χ3n) is 3.58. The SMILES string of the molecule is CCC1(C(=O)Nc2ccc(F)c(Cl)c2)CCNC1. The molecule has 0 aliphatic carbocycles. The summed E-state index contributed by atoms with van der Waals surface area (Å²) in [6, 6.07) is 4.20. The van der Waals surface area contributed by atoms with Crippen LogP contribution in [0.3, 0.4) is 0 Å². The average Bonchev–Trinajstić information content (AvgIpc) is 2.84. The Morgan fingerprint density at radius 1 is 1.61 bits per heavy atom. The molecule has 1 aliphatic rings. The molecule has 0 spiro atoms. The first-order valence-electron chi connectivity index (χ1n) is 6.04. The molecule has 5 heteroatoms. The van der Waals surface area contributed by atoms with Crippen LogP contribution in [-0.2, 0) is 4.79 Å². The highest BCUT2D eigenvalue weighted by atomic mass is 35.5. The van der Waals surface area contributed by atoms with Gasteiger partial charge in [0.25, 0.3) is 0 Å². The van der Waals surface area contributed by atoms with Gasteiger partial charge in [0, 0.05) is 12.2 Å². The van der Waals surface area contributed by atoms with Crippen molar-refractivity contribution in [1.82, 2.24) is 5.32 Å². The molecule has 0 bridgehead atoms. The Kier molecular flexibility index (Phi) is 3.88. The standard InChI is InChI=1S/C13H16ClFN2O/c1-2-13(5-6-16-8-13)12(18)17-9-3-4-11(15)10(14)7-9/h3-4,7,16H,2,5-6,8H2,1H3,(H,17,18). The van der Waals surface area contributed by atoms with E-state index in [2.05, 4.69) is 10.6 Å². The summed E-state index contributed by atoms with van der Waals surface area (Å²) < 4.78 is 13.0. The Morgan fingerprint density at radius 3 is 2.94 bits per heavy atom. The Balaban J connectivity index is 2.13. The van der Waals surface area contributed by atoms with Gasteiger partial charge in [0.1, 0.15) is 5.82 Å². The van der Waals surface area contributed by atoms with Gasteiger partial charge in [-0.1, -0.05) is 18.5 Å². The summed E-state index contributed by atoms with van der Waals surface area (Å²) in [5.41, 5.74) is 0.173. The van der Waals surface area contributed by atoms with Crippen LogP contribution in [0.1, 0.15) is 19.8 Å². The number of nitrogens with one attached hydrogen (secondary N) is 2. The van der Waals surface area contributed by atoms with Crippen LogP contribution < -0.4 is 10.6 Å². The molecule has 1 amide bonds. The predicted molar refractivity (Wildman–Crippen MR) is 70.3 cm³/mol. The van der Waals surface area contributed by atoms with E-state index in [0.29, 0.717) is 12.2 Å². The van der Waals surface area contributed by atoms with Gasteiger partial charge in [-0.25, -0.2) is 4.39 Å². The Hall–Kier alpha value is -1.13. The van der Waals surface area contributed by atoms with Gasteiger partial charge in [-0.2, -0.15) is 0 Å². The van der Waals surface area contributed by atoms with Gasteiger partial charge in [0.05, 0.1) is 10.4 Å². The number of benzene rings is 1. The van der Waals surface area contributed by atoms with Crippen LogP contribution in [0.5, 0.6) is 0 Å². The zero-order chi connectivity index (χ0) is 13.2. The van der Waals surface area contributed by atoms with Crippen LogP contribution in [0.2, 0.25) is 5.02 Å². The topological polar surface area (TPSA) is 41.1 Å². The van der Waals surface area contributed by atoms with Gasteiger partial charge in [-0.05, 0) is 37.6 Å². The van der Waals surface area contributed by atoms with Crippen molar-refractivity contribution in [3.05, 3.63) is 29.0 Å². The normalized spacial score (nSPS) is 23.1. The minimum Gasteiger partial charge on any atom is -0.326 e. The number of hydrogen-bond acceptors (Lipinski definition) is 2. The zero-order valence-corrected chi connectivity index (χ0v) is 11.0. The number of hydrogen-bond donors (Lipinski definition) is 2. The van der Waals surface area contributed by atoms with Crippen LogP contribution in [0.4, 0.5) is 10.1 Å². The number of carbonyl (C=O) groups excluding carboxylic acids is 1. The molecule has 2 N–H and O–H groups in total. The van der Waals surface area contributed by atoms with E-state index in [0.717, 1.165) is 19.4 Å². The smallest absolute Gasteiger partial charge is 0.231 e. The molecule has 3 nitrogen and oxygen atoms in total. The first-order chi connectivity index (χ1) is 8.57. The maximum Gasteiger partial charge on any atom is 0.231 e. The van der Waals surface area contributed by atoms with E-state index in [1.165, 1.54) is 18.2 Å². The lowest BCUT2D eigenvalue weighted by atomic mass is 9.83. The van der Waals surface area contributed by atoms with Crippen LogP contribution in [-0.4, -0.2) is 19.0 Å². The number of rotatable bonds is 3. The van der Waals surface area contributed by atoms with E-state index in [9.17, 15) is 9.18 Å². The van der Waals surface area contributed by atoms with Gasteiger partial charge in [0.2, 0.25) is 5.91 Å². The molecule has 2 rings (SSSR count). The minimum atomic E-state index is -0.484. The third kappa shape index (κ3) is 2.49. The van der Waals surface area contributed by atoms with Crippen LogP contribution in [0.15, 0.2) is 18.2 Å². The predicted octanol–water partition coefficient (Wildman–Crippen LogP) is 2.81. The fourth-order valence-corrected chi connectivity index (χ4v) is 2.42. The molecular formula is C13H16ClFN2O. The maximum absolute atomic E-state index is 13.0. The molecule has 0 aromatic heterocycles. The van der Waals surface area contributed by atoms with Crippen LogP contribution in [0, 0.1) is 11.2 Å². The quantitative estimate of drug-likeness (QED) is 0.887. The summed E-state index contributed by atoms with van der Waals surface area (Å²) in [7, 11) is 0. The summed E-state index contributed by atoms with van der Waals surface area (Å²) >= 11 is 5.69. The van der Waals surface area contributed by atoms with Gasteiger partial charge in [-0.3, -0.25) is 4.79 Å². The number of halogens is 2. The molecule has 1 atom stereocenters. The Bertz CT molecular complexity index is 458. The fraction of sp³-hybridized carbons (Fsp3) is 0.462. The van der Waals surface area contributed by atoms with Crippen molar-refractivity contribution >= 4 is 23.2 Å². The van der Waals surface area contributed by atoms with Crippen molar-refractivity contribution in [2.75, 3.05) is 18.4 Å². The zero-order valence-electron chi connectivity index (χ0n) is 10.2. The van der Waals surface area contributed by atoms with Crippen LogP contribution in [0.25, 0.3) is 0 Å². The first-order valence-corrected chi connectivity index (χ1v) is 6.42. The highest BCUT2D eigenvalue weighted by molar-refractivity contribution is 6.31. The van der Waals surface area contributed by atoms with Crippen molar-refractivity contribution in [1.29, 1.82) is 0 Å². The summed E-state index contributed by atoms with van der Waals surface area (Å²) in [6.07, 6.45) is 1.60. The van der Waals surface area contributed by atoms with Crippen molar-refractivity contribution in [3.63, 3.8) is 0 Å². The maximum atomic E-state index is 13.0. The Labute approximate surface area is 111 Å². The van der Waals surface area contributed by atoms with E-state index in [-0.39, 0.29) is 16.3 Å². The van der Waals surface area contributed by atoms with Crippen molar-refractivity contribution < 1.29 is 9.18 Å². The molecule has 1 fully saturated rings. The average molecular weight is 271 g/mol. The monoisotopic (exact) mass is 270 g/mol. The minimum absolute atomic E-state index is 0.0166. The largest absolute Gasteiger partial charge is 0.326 e. The molecule has 1 aromatic carbocycles. The van der Waals surface area contributed by atoms with Crippen molar-refractivity contribution in [3.8, 4) is 0 Å². The van der Waals surface area contributed by atoms with Crippen molar-refractivity contribution in [2.45, 2.75) is 19.8 Å². The molecule has 1 aromatic rings. The molecule has 1 saturated heterocycles. The molecule has 98 valence electrons. The fourth-order valence-electron chi connectivity index (χ4n) is 2.24. The molecular weight excluding hydrogens is 255 g/mol. The van der Waals surface area contributed by atoms with Crippen LogP contribution >= 0.6 is 11.6 Å². The molecule has 0 radical (unpaired) electrons. The lowest BCUT2D eigenvalue weighted by Gasteiger charge is -2.25. The highest BCUT2D eigenvalue weighted by Gasteiger charge is 2.39. The Morgan fingerprint density at radius 2 is 2.39 bits per heavy atom. The van der Waals surface area contributed by atoms with Gasteiger partial charge in [-0.15, -0.1) is 0 Å². The van der Waals surface area contributed by atoms with Gasteiger partial charge >= 0.3 is 0 Å². The summed E-state index contributed by atoms with van der Waals surface area (Å²) in [6.45, 7) is 3.54. The van der Waals surface area contributed by atoms with E-state index >= 15 is 0 Å². The lowest BCUT2D eigenvalue weighted by Crippen LogP contribution is -2.37. The summed E-state index contributed by atoms with van der Waals surface area (Å²) in [5.74, 6) is -0.514. The van der Waals surface area contributed by atoms with E-state index in [1.807, 2.05) is 6.92 Å². The summed E-state index contributed by atoms with van der Waals surface area (Å²) in [5, 5.41) is 6.03. The molecule has 1 unspecified atom stereocenters. The van der Waals surface area contributed by atoms with E-state index in [4.69, 9.17) is 11.6 Å². The van der Waals surface area contributed by atoms with E-state index < -0.39 is 5.82 Å². The molecule has 0 saturated carbocycles. The van der Waals surface area contributed by atoms with Gasteiger partial charge in [0.15, 0.2) is 0 Å². The number of carbonyl (C=O) groups is 1.